The average molecular weight is 471 g/mol. The van der Waals surface area contributed by atoms with Crippen LogP contribution in [0.3, 0.4) is 0 Å². The topological polar surface area (TPSA) is 30.5 Å². The van der Waals surface area contributed by atoms with Gasteiger partial charge in [-0.2, -0.15) is 0 Å². The first-order valence-corrected chi connectivity index (χ1v) is 10.1. The van der Waals surface area contributed by atoms with E-state index in [4.69, 9.17) is 32.7 Å². The highest BCUT2D eigenvalue weighted by Gasteiger charge is 2.13. The minimum absolute atomic E-state index is 0. The molecule has 3 aromatic carbocycles. The molecule has 0 saturated carbocycles. The number of ether oxygens (including phenoxy) is 2. The zero-order valence-corrected chi connectivity index (χ0v) is 18.8. The third kappa shape index (κ3) is 6.78. The van der Waals surface area contributed by atoms with Crippen LogP contribution in [0, 0.1) is 5.82 Å². The van der Waals surface area contributed by atoms with Gasteiger partial charge in [-0.1, -0.05) is 53.5 Å². The van der Waals surface area contributed by atoms with Gasteiger partial charge in [0.15, 0.2) is 11.5 Å². The fourth-order valence-electron chi connectivity index (χ4n) is 2.85. The van der Waals surface area contributed by atoms with Gasteiger partial charge in [0.1, 0.15) is 12.4 Å². The van der Waals surface area contributed by atoms with Gasteiger partial charge in [-0.25, -0.2) is 4.39 Å². The molecule has 0 atom stereocenters. The minimum atomic E-state index is -0.282. The van der Waals surface area contributed by atoms with E-state index in [0.717, 1.165) is 21.7 Å². The van der Waals surface area contributed by atoms with Gasteiger partial charge in [0.25, 0.3) is 0 Å². The minimum Gasteiger partial charge on any atom is -0.490 e. The van der Waals surface area contributed by atoms with Crippen molar-refractivity contribution in [1.29, 1.82) is 0 Å². The smallest absolute Gasteiger partial charge is 0.180 e. The monoisotopic (exact) mass is 469 g/mol. The third-order valence-electron chi connectivity index (χ3n) is 4.27. The Morgan fingerprint density at radius 3 is 2.30 bits per heavy atom. The molecule has 0 aliphatic carbocycles. The highest BCUT2D eigenvalue weighted by atomic mass is 35.5. The van der Waals surface area contributed by atoms with Gasteiger partial charge in [-0.15, -0.1) is 12.4 Å². The van der Waals surface area contributed by atoms with Crippen LogP contribution in [-0.4, -0.2) is 6.61 Å². The molecule has 3 aromatic rings. The summed E-state index contributed by atoms with van der Waals surface area (Å²) >= 11 is 12.7. The molecular formula is C23H23Cl3FNO2. The van der Waals surface area contributed by atoms with Crippen molar-refractivity contribution in [3.63, 3.8) is 0 Å². The van der Waals surface area contributed by atoms with Crippen LogP contribution < -0.4 is 14.8 Å². The molecule has 7 heteroatoms. The van der Waals surface area contributed by atoms with Crippen molar-refractivity contribution in [2.75, 3.05) is 6.61 Å². The Bertz CT molecular complexity index is 952. The summed E-state index contributed by atoms with van der Waals surface area (Å²) in [5.41, 5.74) is 2.85. The predicted octanol–water partition coefficient (Wildman–Crippen LogP) is 6.82. The van der Waals surface area contributed by atoms with Crippen LogP contribution in [-0.2, 0) is 19.7 Å². The van der Waals surface area contributed by atoms with Crippen molar-refractivity contribution >= 4 is 35.6 Å². The maximum atomic E-state index is 13.1. The van der Waals surface area contributed by atoms with Crippen molar-refractivity contribution < 1.29 is 13.9 Å². The summed E-state index contributed by atoms with van der Waals surface area (Å²) < 4.78 is 24.7. The molecular weight excluding hydrogens is 448 g/mol. The SMILES string of the molecule is CCOc1cc(CNCc2ccccc2Cl)cc(Cl)c1OCc1ccc(F)cc1.Cl. The van der Waals surface area contributed by atoms with Crippen LogP contribution in [0.1, 0.15) is 23.6 Å². The average Bonchev–Trinajstić information content (AvgIpc) is 2.70. The van der Waals surface area contributed by atoms with E-state index in [0.29, 0.717) is 36.2 Å². The van der Waals surface area contributed by atoms with Gasteiger partial charge < -0.3 is 14.8 Å². The Hall–Kier alpha value is -1.98. The lowest BCUT2D eigenvalue weighted by Gasteiger charge is -2.16. The van der Waals surface area contributed by atoms with Gasteiger partial charge >= 0.3 is 0 Å². The number of halogens is 4. The molecule has 0 bridgehead atoms. The fourth-order valence-corrected chi connectivity index (χ4v) is 3.34. The van der Waals surface area contributed by atoms with Crippen LogP contribution in [0.5, 0.6) is 11.5 Å². The standard InChI is InChI=1S/C23H22Cl2FNO2.ClH/c1-2-28-22-12-17(13-27-14-18-5-3-4-6-20(18)24)11-21(25)23(22)29-15-16-7-9-19(26)10-8-16;/h3-12,27H,2,13-15H2,1H3;1H. The summed E-state index contributed by atoms with van der Waals surface area (Å²) in [4.78, 5) is 0. The second-order valence-electron chi connectivity index (χ2n) is 6.45. The van der Waals surface area contributed by atoms with Gasteiger partial charge in [0, 0.05) is 18.1 Å². The lowest BCUT2D eigenvalue weighted by Crippen LogP contribution is -2.13. The van der Waals surface area contributed by atoms with Crippen molar-refractivity contribution in [2.24, 2.45) is 0 Å². The number of hydrogen-bond donors (Lipinski definition) is 1. The van der Waals surface area contributed by atoms with Crippen LogP contribution in [0.25, 0.3) is 0 Å². The van der Waals surface area contributed by atoms with E-state index in [-0.39, 0.29) is 24.8 Å². The highest BCUT2D eigenvalue weighted by Crippen LogP contribution is 2.37. The third-order valence-corrected chi connectivity index (χ3v) is 4.92. The fraction of sp³-hybridized carbons (Fsp3) is 0.217. The molecule has 1 N–H and O–H groups in total. The van der Waals surface area contributed by atoms with Gasteiger partial charge in [-0.3, -0.25) is 0 Å². The summed E-state index contributed by atoms with van der Waals surface area (Å²) in [5, 5.41) is 4.56. The first-order valence-electron chi connectivity index (χ1n) is 9.33. The molecule has 0 spiro atoms. The van der Waals surface area contributed by atoms with E-state index in [2.05, 4.69) is 5.32 Å². The Kier molecular flexibility index (Phi) is 9.73. The lowest BCUT2D eigenvalue weighted by atomic mass is 10.1. The molecule has 0 radical (unpaired) electrons. The van der Waals surface area contributed by atoms with Crippen molar-refractivity contribution in [3.8, 4) is 11.5 Å². The molecule has 0 aliphatic heterocycles. The van der Waals surface area contributed by atoms with Crippen LogP contribution in [0.4, 0.5) is 4.39 Å². The van der Waals surface area contributed by atoms with E-state index in [9.17, 15) is 4.39 Å². The summed E-state index contributed by atoms with van der Waals surface area (Å²) in [6.07, 6.45) is 0. The zero-order valence-electron chi connectivity index (χ0n) is 16.5. The second kappa shape index (κ2) is 12.0. The molecule has 0 saturated heterocycles. The normalized spacial score (nSPS) is 10.4. The maximum absolute atomic E-state index is 13.1. The molecule has 0 amide bonds. The Morgan fingerprint density at radius 2 is 1.60 bits per heavy atom. The number of benzene rings is 3. The van der Waals surface area contributed by atoms with Gasteiger partial charge in [0.2, 0.25) is 0 Å². The second-order valence-corrected chi connectivity index (χ2v) is 7.26. The van der Waals surface area contributed by atoms with E-state index in [1.807, 2.05) is 43.3 Å². The molecule has 160 valence electrons. The van der Waals surface area contributed by atoms with Crippen LogP contribution >= 0.6 is 35.6 Å². The Balaban J connectivity index is 0.00000320. The van der Waals surface area contributed by atoms with Crippen molar-refractivity contribution in [1.82, 2.24) is 5.32 Å². The first-order chi connectivity index (χ1) is 14.1. The zero-order chi connectivity index (χ0) is 20.6. The van der Waals surface area contributed by atoms with Gasteiger partial charge in [0.05, 0.1) is 11.6 Å². The van der Waals surface area contributed by atoms with Crippen LogP contribution in [0.2, 0.25) is 10.0 Å². The molecule has 0 aliphatic rings. The quantitative estimate of drug-likeness (QED) is 0.372. The Morgan fingerprint density at radius 1 is 0.867 bits per heavy atom. The molecule has 3 rings (SSSR count). The van der Waals surface area contributed by atoms with Crippen LogP contribution in [0.15, 0.2) is 60.7 Å². The van der Waals surface area contributed by atoms with Crippen molar-refractivity contribution in [2.45, 2.75) is 26.6 Å². The highest BCUT2D eigenvalue weighted by molar-refractivity contribution is 6.32. The number of nitrogens with one attached hydrogen (secondary N) is 1. The molecule has 0 unspecified atom stereocenters. The largest absolute Gasteiger partial charge is 0.490 e. The summed E-state index contributed by atoms with van der Waals surface area (Å²) in [6, 6.07) is 17.6. The van der Waals surface area contributed by atoms with E-state index < -0.39 is 0 Å². The summed E-state index contributed by atoms with van der Waals surface area (Å²) in [6.45, 7) is 3.90. The molecule has 0 fully saturated rings. The molecule has 30 heavy (non-hydrogen) atoms. The molecule has 3 nitrogen and oxygen atoms in total. The number of rotatable bonds is 9. The van der Waals surface area contributed by atoms with E-state index >= 15 is 0 Å². The van der Waals surface area contributed by atoms with E-state index in [1.165, 1.54) is 12.1 Å². The van der Waals surface area contributed by atoms with Crippen molar-refractivity contribution in [3.05, 3.63) is 93.2 Å². The van der Waals surface area contributed by atoms with E-state index in [1.54, 1.807) is 12.1 Å². The predicted molar refractivity (Wildman–Crippen MR) is 123 cm³/mol. The molecule has 0 aromatic heterocycles. The molecule has 0 heterocycles. The first kappa shape index (κ1) is 24.3. The summed E-state index contributed by atoms with van der Waals surface area (Å²) in [5.74, 6) is 0.778. The number of hydrogen-bond acceptors (Lipinski definition) is 3. The summed E-state index contributed by atoms with van der Waals surface area (Å²) in [7, 11) is 0. The van der Waals surface area contributed by atoms with Gasteiger partial charge in [-0.05, 0) is 53.9 Å². The lowest BCUT2D eigenvalue weighted by molar-refractivity contribution is 0.269. The maximum Gasteiger partial charge on any atom is 0.180 e. The Labute approximate surface area is 192 Å².